The van der Waals surface area contributed by atoms with Crippen molar-refractivity contribution in [1.82, 2.24) is 5.48 Å². The van der Waals surface area contributed by atoms with E-state index in [4.69, 9.17) is 22.2 Å². The summed E-state index contributed by atoms with van der Waals surface area (Å²) in [7, 11) is 0. The summed E-state index contributed by atoms with van der Waals surface area (Å²) in [5.74, 6) is -0.895. The highest BCUT2D eigenvalue weighted by molar-refractivity contribution is 6.30. The molecule has 2 rings (SSSR count). The molecule has 0 radical (unpaired) electrons. The van der Waals surface area contributed by atoms with Crippen molar-refractivity contribution in [3.63, 3.8) is 0 Å². The van der Waals surface area contributed by atoms with Gasteiger partial charge in [0.2, 0.25) is 5.91 Å². The molecule has 6 heteroatoms. The van der Waals surface area contributed by atoms with Gasteiger partial charge in [-0.1, -0.05) is 30.2 Å². The molecule has 1 aromatic rings. The van der Waals surface area contributed by atoms with Crippen LogP contribution in [0.3, 0.4) is 0 Å². The molecule has 0 bridgehead atoms. The van der Waals surface area contributed by atoms with E-state index in [0.717, 1.165) is 24.8 Å². The monoisotopic (exact) mass is 282 g/mol. The zero-order chi connectivity index (χ0) is 13.9. The number of nitrogens with one attached hydrogen (secondary N) is 1. The fourth-order valence-electron chi connectivity index (χ4n) is 2.23. The maximum absolute atomic E-state index is 12.2. The summed E-state index contributed by atoms with van der Waals surface area (Å²) in [6.07, 6.45) is 2.44. The van der Waals surface area contributed by atoms with Crippen molar-refractivity contribution in [3.8, 4) is 0 Å². The van der Waals surface area contributed by atoms with E-state index in [9.17, 15) is 9.59 Å². The Hall–Kier alpha value is -1.59. The van der Waals surface area contributed by atoms with Gasteiger partial charge in [-0.25, -0.2) is 5.48 Å². The molecule has 0 saturated heterocycles. The van der Waals surface area contributed by atoms with E-state index in [2.05, 4.69) is 5.48 Å². The van der Waals surface area contributed by atoms with Crippen molar-refractivity contribution in [2.75, 3.05) is 6.61 Å². The second-order valence-electron chi connectivity index (χ2n) is 4.63. The van der Waals surface area contributed by atoms with Gasteiger partial charge < -0.3 is 5.73 Å². The number of hydrogen-bond donors (Lipinski definition) is 2. The Morgan fingerprint density at radius 3 is 2.68 bits per heavy atom. The quantitative estimate of drug-likeness (QED) is 0.799. The van der Waals surface area contributed by atoms with E-state index in [1.807, 2.05) is 12.1 Å². The van der Waals surface area contributed by atoms with Crippen LogP contribution in [-0.2, 0) is 19.8 Å². The van der Waals surface area contributed by atoms with Crippen LogP contribution >= 0.6 is 11.6 Å². The number of hydroxylamine groups is 1. The molecule has 19 heavy (non-hydrogen) atoms. The van der Waals surface area contributed by atoms with Crippen molar-refractivity contribution in [1.29, 1.82) is 0 Å². The zero-order valence-corrected chi connectivity index (χ0v) is 11.1. The molecule has 1 aliphatic carbocycles. The van der Waals surface area contributed by atoms with Gasteiger partial charge in [0.15, 0.2) is 6.61 Å². The lowest BCUT2D eigenvalue weighted by Gasteiger charge is -2.40. The van der Waals surface area contributed by atoms with Gasteiger partial charge in [-0.3, -0.25) is 14.4 Å². The molecule has 0 unspecified atom stereocenters. The lowest BCUT2D eigenvalue weighted by atomic mass is 9.64. The standard InChI is InChI=1S/C13H15ClN2O3/c14-10-4-1-3-9(7-10)13(5-2-6-13)12(18)16-19-8-11(15)17/h1,3-4,7H,2,5-6,8H2,(H2,15,17)(H,16,18). The third-order valence-electron chi connectivity index (χ3n) is 3.40. The first-order chi connectivity index (χ1) is 9.04. The predicted octanol–water partition coefficient (Wildman–Crippen LogP) is 1.29. The van der Waals surface area contributed by atoms with Crippen LogP contribution in [0, 0.1) is 0 Å². The smallest absolute Gasteiger partial charge is 0.254 e. The molecular weight excluding hydrogens is 268 g/mol. The fraction of sp³-hybridized carbons (Fsp3) is 0.385. The van der Waals surface area contributed by atoms with Crippen molar-refractivity contribution in [2.24, 2.45) is 5.73 Å². The minimum absolute atomic E-state index is 0.262. The summed E-state index contributed by atoms with van der Waals surface area (Å²) in [4.78, 5) is 27.5. The Morgan fingerprint density at radius 1 is 1.42 bits per heavy atom. The van der Waals surface area contributed by atoms with Crippen LogP contribution in [0.2, 0.25) is 5.02 Å². The second kappa shape index (κ2) is 5.59. The summed E-state index contributed by atoms with van der Waals surface area (Å²) in [6, 6.07) is 7.24. The molecule has 1 fully saturated rings. The van der Waals surface area contributed by atoms with E-state index < -0.39 is 11.3 Å². The molecule has 1 aliphatic rings. The topological polar surface area (TPSA) is 81.4 Å². The van der Waals surface area contributed by atoms with Gasteiger partial charge in [0.1, 0.15) is 0 Å². The Balaban J connectivity index is 2.10. The number of halogens is 1. The Kier molecular flexibility index (Phi) is 4.07. The molecule has 2 amide bonds. The molecule has 0 heterocycles. The Morgan fingerprint density at radius 2 is 2.16 bits per heavy atom. The van der Waals surface area contributed by atoms with E-state index in [0.29, 0.717) is 5.02 Å². The van der Waals surface area contributed by atoms with Crippen LogP contribution in [0.4, 0.5) is 0 Å². The highest BCUT2D eigenvalue weighted by Crippen LogP contribution is 2.44. The third-order valence-corrected chi connectivity index (χ3v) is 3.63. The first kappa shape index (κ1) is 13.8. The number of hydrogen-bond acceptors (Lipinski definition) is 3. The summed E-state index contributed by atoms with van der Waals surface area (Å²) < 4.78 is 0. The molecule has 0 atom stereocenters. The molecule has 0 spiro atoms. The Bertz CT molecular complexity index is 500. The summed E-state index contributed by atoms with van der Waals surface area (Å²) in [6.45, 7) is -0.336. The second-order valence-corrected chi connectivity index (χ2v) is 5.07. The molecular formula is C13H15ClN2O3. The number of primary amides is 1. The summed E-state index contributed by atoms with van der Waals surface area (Å²) in [5.41, 5.74) is 7.48. The average molecular weight is 283 g/mol. The van der Waals surface area contributed by atoms with Crippen LogP contribution in [0.5, 0.6) is 0 Å². The molecule has 0 aromatic heterocycles. The SMILES string of the molecule is NC(=O)CONC(=O)C1(c2cccc(Cl)c2)CCC1. The van der Waals surface area contributed by atoms with Crippen LogP contribution in [0.15, 0.2) is 24.3 Å². The zero-order valence-electron chi connectivity index (χ0n) is 10.3. The third kappa shape index (κ3) is 2.88. The van der Waals surface area contributed by atoms with Gasteiger partial charge in [0.25, 0.3) is 5.91 Å². The largest absolute Gasteiger partial charge is 0.368 e. The molecule has 3 N–H and O–H groups in total. The molecule has 1 aromatic carbocycles. The molecule has 1 saturated carbocycles. The summed E-state index contributed by atoms with van der Waals surface area (Å²) >= 11 is 5.96. The van der Waals surface area contributed by atoms with Crippen LogP contribution in [-0.4, -0.2) is 18.4 Å². The summed E-state index contributed by atoms with van der Waals surface area (Å²) in [5, 5.41) is 0.592. The number of amides is 2. The average Bonchev–Trinajstić information content (AvgIpc) is 2.27. The van der Waals surface area contributed by atoms with Gasteiger partial charge in [-0.05, 0) is 30.5 Å². The minimum atomic E-state index is -0.634. The first-order valence-corrected chi connectivity index (χ1v) is 6.39. The predicted molar refractivity (Wildman–Crippen MR) is 70.3 cm³/mol. The van der Waals surface area contributed by atoms with Crippen molar-refractivity contribution >= 4 is 23.4 Å². The highest BCUT2D eigenvalue weighted by atomic mass is 35.5. The van der Waals surface area contributed by atoms with Crippen molar-refractivity contribution in [2.45, 2.75) is 24.7 Å². The lowest BCUT2D eigenvalue weighted by molar-refractivity contribution is -0.145. The Labute approximate surface area is 116 Å². The lowest BCUT2D eigenvalue weighted by Crippen LogP contribution is -2.49. The first-order valence-electron chi connectivity index (χ1n) is 6.01. The van der Waals surface area contributed by atoms with Crippen molar-refractivity contribution < 1.29 is 14.4 Å². The number of nitrogens with two attached hydrogens (primary N) is 1. The number of rotatable bonds is 5. The van der Waals surface area contributed by atoms with Crippen molar-refractivity contribution in [3.05, 3.63) is 34.9 Å². The van der Waals surface area contributed by atoms with E-state index >= 15 is 0 Å². The molecule has 0 aliphatic heterocycles. The van der Waals surface area contributed by atoms with Crippen LogP contribution in [0.25, 0.3) is 0 Å². The normalized spacial score (nSPS) is 16.5. The van der Waals surface area contributed by atoms with E-state index in [1.54, 1.807) is 12.1 Å². The maximum Gasteiger partial charge on any atom is 0.254 e. The van der Waals surface area contributed by atoms with Gasteiger partial charge >= 0.3 is 0 Å². The number of carbonyl (C=O) groups is 2. The number of benzene rings is 1. The van der Waals surface area contributed by atoms with E-state index in [-0.39, 0.29) is 12.5 Å². The van der Waals surface area contributed by atoms with Gasteiger partial charge in [0, 0.05) is 5.02 Å². The number of carbonyl (C=O) groups excluding carboxylic acids is 2. The highest BCUT2D eigenvalue weighted by Gasteiger charge is 2.45. The van der Waals surface area contributed by atoms with E-state index in [1.165, 1.54) is 0 Å². The maximum atomic E-state index is 12.2. The fourth-order valence-corrected chi connectivity index (χ4v) is 2.42. The van der Waals surface area contributed by atoms with Gasteiger partial charge in [0.05, 0.1) is 5.41 Å². The van der Waals surface area contributed by atoms with Gasteiger partial charge in [-0.2, -0.15) is 0 Å². The van der Waals surface area contributed by atoms with Gasteiger partial charge in [-0.15, -0.1) is 0 Å². The molecule has 5 nitrogen and oxygen atoms in total. The molecule has 102 valence electrons. The van der Waals surface area contributed by atoms with Crippen LogP contribution < -0.4 is 11.2 Å². The minimum Gasteiger partial charge on any atom is -0.368 e. The van der Waals surface area contributed by atoms with Crippen LogP contribution in [0.1, 0.15) is 24.8 Å².